The molecule has 104 valence electrons. The van der Waals surface area contributed by atoms with Crippen molar-refractivity contribution >= 4 is 23.2 Å². The van der Waals surface area contributed by atoms with Crippen molar-refractivity contribution < 1.29 is 14.6 Å². The van der Waals surface area contributed by atoms with E-state index in [1.165, 1.54) is 4.90 Å². The van der Waals surface area contributed by atoms with Gasteiger partial charge in [-0.25, -0.2) is 0 Å². The van der Waals surface area contributed by atoms with Gasteiger partial charge in [-0.2, -0.15) is 0 Å². The summed E-state index contributed by atoms with van der Waals surface area (Å²) in [5, 5.41) is 3.65. The van der Waals surface area contributed by atoms with E-state index < -0.39 is 0 Å². The second-order valence-corrected chi connectivity index (χ2v) is 5.75. The van der Waals surface area contributed by atoms with Crippen LogP contribution in [0.2, 0.25) is 5.02 Å². The molecule has 0 atom stereocenters. The molecule has 0 aliphatic carbocycles. The second kappa shape index (κ2) is 6.37. The lowest BCUT2D eigenvalue weighted by Gasteiger charge is -2.26. The first kappa shape index (κ1) is 14.3. The van der Waals surface area contributed by atoms with Gasteiger partial charge < -0.3 is 15.1 Å². The van der Waals surface area contributed by atoms with E-state index >= 15 is 0 Å². The highest BCUT2D eigenvalue weighted by atomic mass is 35.5. The van der Waals surface area contributed by atoms with Crippen LogP contribution in [0, 0.1) is 6.92 Å². The minimum Gasteiger partial charge on any atom is -0.328 e. The van der Waals surface area contributed by atoms with Gasteiger partial charge >= 0.3 is 0 Å². The fourth-order valence-electron chi connectivity index (χ4n) is 2.37. The van der Waals surface area contributed by atoms with Crippen LogP contribution in [0.5, 0.6) is 0 Å². The summed E-state index contributed by atoms with van der Waals surface area (Å²) in [6.45, 7) is 6.86. The van der Waals surface area contributed by atoms with Crippen molar-refractivity contribution in [2.75, 3.05) is 45.1 Å². The fourth-order valence-corrected chi connectivity index (χ4v) is 2.55. The van der Waals surface area contributed by atoms with Gasteiger partial charge in [-0.05, 0) is 24.6 Å². The maximum Gasteiger partial charge on any atom is 0.279 e. The zero-order valence-corrected chi connectivity index (χ0v) is 12.3. The lowest BCUT2D eigenvalue weighted by Crippen LogP contribution is -3.27. The minimum absolute atomic E-state index is 0.0694. The van der Waals surface area contributed by atoms with Gasteiger partial charge in [0.25, 0.3) is 5.91 Å². The first-order valence-corrected chi connectivity index (χ1v) is 7.14. The Morgan fingerprint density at radius 1 is 1.32 bits per heavy atom. The quantitative estimate of drug-likeness (QED) is 0.654. The molecule has 1 aliphatic rings. The number of benzene rings is 1. The van der Waals surface area contributed by atoms with Gasteiger partial charge in [0.1, 0.15) is 26.2 Å². The van der Waals surface area contributed by atoms with Crippen molar-refractivity contribution in [3.63, 3.8) is 0 Å². The van der Waals surface area contributed by atoms with Gasteiger partial charge in [0.05, 0.1) is 7.05 Å². The minimum atomic E-state index is 0.0694. The third kappa shape index (κ3) is 3.93. The summed E-state index contributed by atoms with van der Waals surface area (Å²) in [7, 11) is 2.20. The van der Waals surface area contributed by atoms with E-state index in [9.17, 15) is 4.79 Å². The summed E-state index contributed by atoms with van der Waals surface area (Å²) in [5.41, 5.74) is 1.74. The lowest BCUT2D eigenvalue weighted by atomic mass is 10.2. The van der Waals surface area contributed by atoms with Crippen LogP contribution in [-0.4, -0.2) is 45.7 Å². The van der Waals surface area contributed by atoms with E-state index in [1.807, 2.05) is 25.1 Å². The summed E-state index contributed by atoms with van der Waals surface area (Å²) in [6.07, 6.45) is 0. The van der Waals surface area contributed by atoms with Crippen molar-refractivity contribution in [1.82, 2.24) is 0 Å². The van der Waals surface area contributed by atoms with Crippen LogP contribution in [0.25, 0.3) is 0 Å². The van der Waals surface area contributed by atoms with E-state index in [0.29, 0.717) is 11.6 Å². The van der Waals surface area contributed by atoms with Gasteiger partial charge in [0.2, 0.25) is 0 Å². The Morgan fingerprint density at radius 3 is 2.68 bits per heavy atom. The predicted molar refractivity (Wildman–Crippen MR) is 77.0 cm³/mol. The van der Waals surface area contributed by atoms with Gasteiger partial charge in [-0.15, -0.1) is 0 Å². The SMILES string of the molecule is Cc1c(Cl)cccc1NC(=O)C[NH+]1CC[NH+](C)CC1. The molecule has 1 amide bonds. The highest BCUT2D eigenvalue weighted by Crippen LogP contribution is 2.22. The number of rotatable bonds is 3. The number of quaternary nitrogens is 2. The largest absolute Gasteiger partial charge is 0.328 e. The Labute approximate surface area is 119 Å². The van der Waals surface area contributed by atoms with Crippen molar-refractivity contribution in [3.05, 3.63) is 28.8 Å². The van der Waals surface area contributed by atoms with E-state index in [0.717, 1.165) is 37.4 Å². The third-order valence-electron chi connectivity index (χ3n) is 3.76. The molecule has 1 aliphatic heterocycles. The van der Waals surface area contributed by atoms with Crippen LogP contribution in [0.1, 0.15) is 5.56 Å². The number of likely N-dealkylation sites (N-methyl/N-ethyl adjacent to an activating group) is 1. The van der Waals surface area contributed by atoms with Crippen molar-refractivity contribution in [2.24, 2.45) is 0 Å². The standard InChI is InChI=1S/C14H20ClN3O/c1-11-12(15)4-3-5-13(11)16-14(19)10-18-8-6-17(2)7-9-18/h3-5H,6-10H2,1-2H3,(H,16,19)/p+2. The number of carbonyl (C=O) groups is 1. The van der Waals surface area contributed by atoms with Crippen LogP contribution in [-0.2, 0) is 4.79 Å². The summed E-state index contributed by atoms with van der Waals surface area (Å²) < 4.78 is 0. The zero-order valence-electron chi connectivity index (χ0n) is 11.6. The number of nitrogens with one attached hydrogen (secondary N) is 3. The maximum absolute atomic E-state index is 12.0. The molecule has 2 rings (SSSR count). The van der Waals surface area contributed by atoms with Crippen LogP contribution >= 0.6 is 11.6 Å². The van der Waals surface area contributed by atoms with Gasteiger partial charge in [-0.3, -0.25) is 4.79 Å². The molecule has 3 N–H and O–H groups in total. The molecule has 19 heavy (non-hydrogen) atoms. The number of hydrogen-bond acceptors (Lipinski definition) is 1. The second-order valence-electron chi connectivity index (χ2n) is 5.34. The van der Waals surface area contributed by atoms with Crippen LogP contribution < -0.4 is 15.1 Å². The topological polar surface area (TPSA) is 38.0 Å². The molecular weight excluding hydrogens is 262 g/mol. The van der Waals surface area contributed by atoms with E-state index in [1.54, 1.807) is 4.90 Å². The predicted octanol–water partition coefficient (Wildman–Crippen LogP) is -1.000. The average molecular weight is 284 g/mol. The third-order valence-corrected chi connectivity index (χ3v) is 4.17. The van der Waals surface area contributed by atoms with Crippen molar-refractivity contribution in [1.29, 1.82) is 0 Å². The number of amides is 1. The van der Waals surface area contributed by atoms with E-state index in [2.05, 4.69) is 12.4 Å². The van der Waals surface area contributed by atoms with Gasteiger partial charge in [-0.1, -0.05) is 17.7 Å². The Kier molecular flexibility index (Phi) is 4.80. The molecule has 1 fully saturated rings. The molecular formula is C14H22ClN3O+2. The molecule has 4 nitrogen and oxygen atoms in total. The smallest absolute Gasteiger partial charge is 0.279 e. The summed E-state index contributed by atoms with van der Waals surface area (Å²) in [4.78, 5) is 15.0. The molecule has 1 aromatic rings. The van der Waals surface area contributed by atoms with E-state index in [-0.39, 0.29) is 5.91 Å². The molecule has 0 spiro atoms. The number of halogens is 1. The highest BCUT2D eigenvalue weighted by Gasteiger charge is 2.22. The van der Waals surface area contributed by atoms with Crippen LogP contribution in [0.3, 0.4) is 0 Å². The van der Waals surface area contributed by atoms with Crippen molar-refractivity contribution in [3.8, 4) is 0 Å². The Hall–Kier alpha value is -1.10. The van der Waals surface area contributed by atoms with E-state index in [4.69, 9.17) is 11.6 Å². The molecule has 1 saturated heterocycles. The Morgan fingerprint density at radius 2 is 2.00 bits per heavy atom. The molecule has 1 heterocycles. The Balaban J connectivity index is 1.89. The molecule has 0 radical (unpaired) electrons. The zero-order chi connectivity index (χ0) is 13.8. The van der Waals surface area contributed by atoms with Crippen LogP contribution in [0.15, 0.2) is 18.2 Å². The monoisotopic (exact) mass is 283 g/mol. The summed E-state index contributed by atoms with van der Waals surface area (Å²) >= 11 is 6.05. The van der Waals surface area contributed by atoms with Crippen molar-refractivity contribution in [2.45, 2.75) is 6.92 Å². The molecule has 1 aromatic carbocycles. The summed E-state index contributed by atoms with van der Waals surface area (Å²) in [5.74, 6) is 0.0694. The van der Waals surface area contributed by atoms with Gasteiger partial charge in [0, 0.05) is 10.7 Å². The maximum atomic E-state index is 12.0. The average Bonchev–Trinajstić information content (AvgIpc) is 2.38. The first-order valence-electron chi connectivity index (χ1n) is 6.76. The molecule has 0 aromatic heterocycles. The fraction of sp³-hybridized carbons (Fsp3) is 0.500. The molecule has 5 heteroatoms. The first-order chi connectivity index (χ1) is 9.06. The molecule has 0 unspecified atom stereocenters. The van der Waals surface area contributed by atoms with Crippen LogP contribution in [0.4, 0.5) is 5.69 Å². The molecule has 0 bridgehead atoms. The molecule has 0 saturated carbocycles. The number of piperazine rings is 1. The summed E-state index contributed by atoms with van der Waals surface area (Å²) in [6, 6.07) is 5.58. The van der Waals surface area contributed by atoms with Gasteiger partial charge in [0.15, 0.2) is 6.54 Å². The highest BCUT2D eigenvalue weighted by molar-refractivity contribution is 6.31. The number of carbonyl (C=O) groups excluding carboxylic acids is 1. The lowest BCUT2D eigenvalue weighted by molar-refractivity contribution is -0.999. The Bertz CT molecular complexity index is 456. The normalized spacial score (nSPS) is 23.1. The number of anilines is 1. The number of hydrogen-bond donors (Lipinski definition) is 3.